The molecule has 0 fully saturated rings. The zero-order valence-electron chi connectivity index (χ0n) is 11.9. The lowest BCUT2D eigenvalue weighted by Crippen LogP contribution is -2.21. The van der Waals surface area contributed by atoms with Crippen molar-refractivity contribution in [2.75, 3.05) is 5.43 Å². The Morgan fingerprint density at radius 1 is 1.25 bits per heavy atom. The molecule has 20 heavy (non-hydrogen) atoms. The molecule has 104 valence electrons. The molecule has 1 aromatic rings. The molecule has 1 rings (SSSR count). The zero-order chi connectivity index (χ0) is 14.8. The molecule has 0 atom stereocenters. The summed E-state index contributed by atoms with van der Waals surface area (Å²) in [5.41, 5.74) is 9.36. The number of para-hydroxylation sites is 2. The molecule has 0 aliphatic heterocycles. The lowest BCUT2D eigenvalue weighted by molar-refractivity contribution is 0.977. The molecule has 0 aliphatic rings. The van der Waals surface area contributed by atoms with Crippen LogP contribution in [0.5, 0.6) is 0 Å². The zero-order valence-corrected chi connectivity index (χ0v) is 11.9. The van der Waals surface area contributed by atoms with Gasteiger partial charge in [-0.15, -0.1) is 0 Å². The first-order valence-corrected chi connectivity index (χ1v) is 6.32. The summed E-state index contributed by atoms with van der Waals surface area (Å²) >= 11 is 0. The molecule has 0 amide bonds. The highest BCUT2D eigenvalue weighted by atomic mass is 15.4. The third kappa shape index (κ3) is 4.24. The van der Waals surface area contributed by atoms with Gasteiger partial charge in [-0.1, -0.05) is 24.8 Å². The van der Waals surface area contributed by atoms with Crippen molar-refractivity contribution in [3.63, 3.8) is 0 Å². The molecule has 0 heterocycles. The van der Waals surface area contributed by atoms with Crippen molar-refractivity contribution >= 4 is 24.3 Å². The second-order valence-electron chi connectivity index (χ2n) is 3.82. The summed E-state index contributed by atoms with van der Waals surface area (Å²) in [6, 6.07) is 7.63. The Morgan fingerprint density at radius 2 is 2.00 bits per heavy atom. The average molecular weight is 268 g/mol. The molecule has 0 bridgehead atoms. The standard InChI is InChI=1S/C16H20N4/c1-5-10-15(18-7-3)13(6-2)19-20-16-12-9-8-11-14(16)17-4/h5-12,19-20H,2,4H2,1,3H3/b10-5-,15-13-,18-7?. The van der Waals surface area contributed by atoms with Crippen LogP contribution >= 0.6 is 0 Å². The SMILES string of the molecule is C=C/C(NNc1ccccc1N=C)=C(\C=C/C)N=CC. The van der Waals surface area contributed by atoms with Crippen LogP contribution < -0.4 is 10.9 Å². The first kappa shape index (κ1) is 15.4. The van der Waals surface area contributed by atoms with E-state index in [-0.39, 0.29) is 0 Å². The second kappa shape index (κ2) is 8.48. The minimum Gasteiger partial charge on any atom is -0.299 e. The number of aliphatic imine (C=N–C) groups is 2. The molecule has 0 spiro atoms. The number of hydrogen-bond acceptors (Lipinski definition) is 4. The molecule has 4 nitrogen and oxygen atoms in total. The van der Waals surface area contributed by atoms with Crippen LogP contribution in [-0.4, -0.2) is 12.9 Å². The molecule has 1 aromatic carbocycles. The van der Waals surface area contributed by atoms with Gasteiger partial charge in [0.15, 0.2) is 0 Å². The summed E-state index contributed by atoms with van der Waals surface area (Å²) in [6.45, 7) is 11.2. The predicted molar refractivity (Wildman–Crippen MR) is 88.6 cm³/mol. The summed E-state index contributed by atoms with van der Waals surface area (Å²) < 4.78 is 0. The third-order valence-corrected chi connectivity index (χ3v) is 2.48. The topological polar surface area (TPSA) is 48.8 Å². The molecule has 4 heteroatoms. The van der Waals surface area contributed by atoms with E-state index in [2.05, 4.69) is 34.1 Å². The van der Waals surface area contributed by atoms with Crippen LogP contribution in [0.4, 0.5) is 11.4 Å². The molecule has 0 radical (unpaired) electrons. The van der Waals surface area contributed by atoms with Gasteiger partial charge in [0.05, 0.1) is 22.8 Å². The van der Waals surface area contributed by atoms with Gasteiger partial charge in [0.1, 0.15) is 0 Å². The fourth-order valence-corrected chi connectivity index (χ4v) is 1.57. The first-order valence-electron chi connectivity index (χ1n) is 6.32. The molecular weight excluding hydrogens is 248 g/mol. The maximum absolute atomic E-state index is 4.30. The van der Waals surface area contributed by atoms with Gasteiger partial charge < -0.3 is 0 Å². The van der Waals surface area contributed by atoms with E-state index in [9.17, 15) is 0 Å². The van der Waals surface area contributed by atoms with Gasteiger partial charge in [-0.05, 0) is 44.8 Å². The molecule has 0 saturated heterocycles. The summed E-state index contributed by atoms with van der Waals surface area (Å²) in [5.74, 6) is 0. The van der Waals surface area contributed by atoms with Gasteiger partial charge in [0, 0.05) is 6.21 Å². The minimum absolute atomic E-state index is 0.773. The largest absolute Gasteiger partial charge is 0.299 e. The Kier molecular flexibility index (Phi) is 6.54. The maximum Gasteiger partial charge on any atom is 0.0871 e. The van der Waals surface area contributed by atoms with Crippen LogP contribution in [0, 0.1) is 0 Å². The first-order chi connectivity index (χ1) is 9.76. The number of rotatable bonds is 7. The van der Waals surface area contributed by atoms with Crippen molar-refractivity contribution in [1.29, 1.82) is 0 Å². The number of allylic oxidation sites excluding steroid dienone is 3. The van der Waals surface area contributed by atoms with E-state index in [0.717, 1.165) is 22.8 Å². The van der Waals surface area contributed by atoms with Crippen LogP contribution in [0.2, 0.25) is 0 Å². The van der Waals surface area contributed by atoms with Crippen molar-refractivity contribution in [3.8, 4) is 0 Å². The highest BCUT2D eigenvalue weighted by Crippen LogP contribution is 2.22. The van der Waals surface area contributed by atoms with E-state index < -0.39 is 0 Å². The lowest BCUT2D eigenvalue weighted by Gasteiger charge is -2.13. The molecular formula is C16H20N4. The maximum atomic E-state index is 4.30. The van der Waals surface area contributed by atoms with Gasteiger partial charge in [-0.2, -0.15) is 0 Å². The van der Waals surface area contributed by atoms with Crippen molar-refractivity contribution in [1.82, 2.24) is 5.43 Å². The predicted octanol–water partition coefficient (Wildman–Crippen LogP) is 4.00. The number of hydrogen-bond donors (Lipinski definition) is 2. The lowest BCUT2D eigenvalue weighted by atomic mass is 10.2. The van der Waals surface area contributed by atoms with Gasteiger partial charge in [-0.25, -0.2) is 0 Å². The molecule has 0 unspecified atom stereocenters. The minimum atomic E-state index is 0.773. The molecule has 0 saturated carbocycles. The third-order valence-electron chi connectivity index (χ3n) is 2.48. The van der Waals surface area contributed by atoms with E-state index in [1.54, 1.807) is 12.3 Å². The Morgan fingerprint density at radius 3 is 2.60 bits per heavy atom. The van der Waals surface area contributed by atoms with E-state index in [4.69, 9.17) is 0 Å². The number of hydrazine groups is 1. The Labute approximate surface area is 120 Å². The van der Waals surface area contributed by atoms with Crippen LogP contribution in [0.25, 0.3) is 0 Å². The van der Waals surface area contributed by atoms with E-state index in [1.165, 1.54) is 0 Å². The highest BCUT2D eigenvalue weighted by Gasteiger charge is 2.01. The number of benzene rings is 1. The van der Waals surface area contributed by atoms with Gasteiger partial charge in [0.2, 0.25) is 0 Å². The van der Waals surface area contributed by atoms with E-state index in [1.807, 2.05) is 50.3 Å². The molecule has 0 aliphatic carbocycles. The Balaban J connectivity index is 2.96. The van der Waals surface area contributed by atoms with Crippen molar-refractivity contribution in [2.45, 2.75) is 13.8 Å². The number of nitrogens with zero attached hydrogens (tertiary/aromatic N) is 2. The molecule has 0 aromatic heterocycles. The second-order valence-corrected chi connectivity index (χ2v) is 3.82. The van der Waals surface area contributed by atoms with E-state index >= 15 is 0 Å². The monoisotopic (exact) mass is 268 g/mol. The van der Waals surface area contributed by atoms with Crippen molar-refractivity contribution in [3.05, 3.63) is 60.5 Å². The van der Waals surface area contributed by atoms with Gasteiger partial charge >= 0.3 is 0 Å². The Bertz CT molecular complexity index is 539. The quantitative estimate of drug-likeness (QED) is 0.446. The average Bonchev–Trinajstić information content (AvgIpc) is 2.48. The van der Waals surface area contributed by atoms with Crippen LogP contribution in [-0.2, 0) is 0 Å². The smallest absolute Gasteiger partial charge is 0.0871 e. The number of nitrogens with one attached hydrogen (secondary N) is 2. The van der Waals surface area contributed by atoms with Crippen LogP contribution in [0.3, 0.4) is 0 Å². The summed E-state index contributed by atoms with van der Waals surface area (Å²) in [6.07, 6.45) is 7.27. The fraction of sp³-hybridized carbons (Fsp3) is 0.125. The summed E-state index contributed by atoms with van der Waals surface area (Å²) in [7, 11) is 0. The van der Waals surface area contributed by atoms with Gasteiger partial charge in [-0.3, -0.25) is 20.8 Å². The number of anilines is 1. The van der Waals surface area contributed by atoms with Gasteiger partial charge in [0.25, 0.3) is 0 Å². The summed E-state index contributed by atoms with van der Waals surface area (Å²) in [4.78, 5) is 8.25. The van der Waals surface area contributed by atoms with Crippen molar-refractivity contribution < 1.29 is 0 Å². The normalized spacial score (nSPS) is 12.3. The van der Waals surface area contributed by atoms with Crippen molar-refractivity contribution in [2.24, 2.45) is 9.98 Å². The van der Waals surface area contributed by atoms with E-state index in [0.29, 0.717) is 0 Å². The highest BCUT2D eigenvalue weighted by molar-refractivity contribution is 5.67. The molecule has 2 N–H and O–H groups in total. The Hall–Kier alpha value is -2.62. The summed E-state index contributed by atoms with van der Waals surface area (Å²) in [5, 5.41) is 0. The van der Waals surface area contributed by atoms with Crippen LogP contribution in [0.1, 0.15) is 13.8 Å². The fourth-order valence-electron chi connectivity index (χ4n) is 1.57. The van der Waals surface area contributed by atoms with Crippen LogP contribution in [0.15, 0.2) is 70.5 Å².